The van der Waals surface area contributed by atoms with E-state index in [2.05, 4.69) is 0 Å². The van der Waals surface area contributed by atoms with Crippen LogP contribution in [0.25, 0.3) is 6.08 Å². The van der Waals surface area contributed by atoms with E-state index < -0.39 is 5.97 Å². The average Bonchev–Trinajstić information content (AvgIpc) is 2.65. The molecule has 1 amide bonds. The van der Waals surface area contributed by atoms with Gasteiger partial charge < -0.3 is 14.4 Å². The predicted octanol–water partition coefficient (Wildman–Crippen LogP) is 2.91. The molecule has 0 fully saturated rings. The number of para-hydroxylation sites is 1. The summed E-state index contributed by atoms with van der Waals surface area (Å²) in [4.78, 5) is 25.3. The second-order valence-corrected chi connectivity index (χ2v) is 5.41. The fourth-order valence-corrected chi connectivity index (χ4v) is 2.20. The first-order chi connectivity index (χ1) is 12.1. The molecule has 0 N–H and O–H groups in total. The molecule has 5 heteroatoms. The number of amides is 1. The smallest absolute Gasteiger partial charge is 0.331 e. The fraction of sp³-hybridized carbons (Fsp3) is 0.200. The highest BCUT2D eigenvalue weighted by Crippen LogP contribution is 2.18. The lowest BCUT2D eigenvalue weighted by Crippen LogP contribution is -2.30. The van der Waals surface area contributed by atoms with Crippen LogP contribution in [0, 0.1) is 0 Å². The summed E-state index contributed by atoms with van der Waals surface area (Å²) < 4.78 is 10.3. The van der Waals surface area contributed by atoms with Crippen molar-refractivity contribution in [2.75, 3.05) is 20.8 Å². The fourth-order valence-electron chi connectivity index (χ4n) is 2.20. The number of esters is 1. The Bertz CT molecular complexity index is 740. The monoisotopic (exact) mass is 339 g/mol. The number of benzene rings is 2. The van der Waals surface area contributed by atoms with Crippen LogP contribution >= 0.6 is 0 Å². The first-order valence-corrected chi connectivity index (χ1v) is 7.86. The van der Waals surface area contributed by atoms with Gasteiger partial charge in [0.1, 0.15) is 5.75 Å². The second-order valence-electron chi connectivity index (χ2n) is 5.41. The number of hydrogen-bond acceptors (Lipinski definition) is 4. The van der Waals surface area contributed by atoms with Gasteiger partial charge in [0.25, 0.3) is 5.91 Å². The Morgan fingerprint density at radius 1 is 1.04 bits per heavy atom. The number of carbonyl (C=O) groups excluding carboxylic acids is 2. The maximum absolute atomic E-state index is 12.1. The first-order valence-electron chi connectivity index (χ1n) is 7.86. The van der Waals surface area contributed by atoms with E-state index in [0.29, 0.717) is 12.3 Å². The van der Waals surface area contributed by atoms with Crippen LogP contribution in [-0.2, 0) is 20.9 Å². The van der Waals surface area contributed by atoms with Gasteiger partial charge in [-0.05, 0) is 17.7 Å². The molecule has 2 aromatic carbocycles. The Labute approximate surface area is 147 Å². The van der Waals surface area contributed by atoms with Crippen molar-refractivity contribution < 1.29 is 19.1 Å². The highest BCUT2D eigenvalue weighted by atomic mass is 16.5. The van der Waals surface area contributed by atoms with E-state index in [1.807, 2.05) is 54.6 Å². The Balaban J connectivity index is 1.83. The zero-order chi connectivity index (χ0) is 18.1. The van der Waals surface area contributed by atoms with Crippen LogP contribution in [0.4, 0.5) is 0 Å². The van der Waals surface area contributed by atoms with E-state index in [1.165, 1.54) is 11.0 Å². The van der Waals surface area contributed by atoms with Crippen molar-refractivity contribution in [3.05, 3.63) is 71.8 Å². The minimum absolute atomic E-state index is 0.285. The molecule has 0 aliphatic heterocycles. The molecule has 0 radical (unpaired) electrons. The summed E-state index contributed by atoms with van der Waals surface area (Å²) in [7, 11) is 3.24. The quantitative estimate of drug-likeness (QED) is 0.575. The highest BCUT2D eigenvalue weighted by molar-refractivity contribution is 5.89. The minimum Gasteiger partial charge on any atom is -0.496 e. The van der Waals surface area contributed by atoms with Crippen LogP contribution in [0.3, 0.4) is 0 Å². The van der Waals surface area contributed by atoms with Crippen LogP contribution in [0.5, 0.6) is 5.75 Å². The Morgan fingerprint density at radius 3 is 2.44 bits per heavy atom. The lowest BCUT2D eigenvalue weighted by atomic mass is 10.2. The number of ether oxygens (including phenoxy) is 2. The number of carbonyl (C=O) groups is 2. The number of nitrogens with zero attached hydrogens (tertiary/aromatic N) is 1. The van der Waals surface area contributed by atoms with Gasteiger partial charge in [0.2, 0.25) is 0 Å². The maximum Gasteiger partial charge on any atom is 0.331 e. The largest absolute Gasteiger partial charge is 0.496 e. The van der Waals surface area contributed by atoms with Crippen LogP contribution in [0.1, 0.15) is 11.1 Å². The minimum atomic E-state index is -0.553. The molecule has 0 atom stereocenters. The van der Waals surface area contributed by atoms with Crippen molar-refractivity contribution in [2.24, 2.45) is 0 Å². The van der Waals surface area contributed by atoms with Gasteiger partial charge >= 0.3 is 5.97 Å². The third kappa shape index (κ3) is 5.80. The van der Waals surface area contributed by atoms with Gasteiger partial charge in [-0.25, -0.2) is 4.79 Å². The SMILES string of the molecule is COc1ccccc1CN(C)C(=O)COC(=O)/C=C/c1ccccc1. The lowest BCUT2D eigenvalue weighted by molar-refractivity contribution is -0.147. The summed E-state index contributed by atoms with van der Waals surface area (Å²) in [5, 5.41) is 0. The van der Waals surface area contributed by atoms with Gasteiger partial charge in [0.15, 0.2) is 6.61 Å². The summed E-state index contributed by atoms with van der Waals surface area (Å²) in [6.07, 6.45) is 2.95. The topological polar surface area (TPSA) is 55.8 Å². The molecule has 25 heavy (non-hydrogen) atoms. The standard InChI is InChI=1S/C20H21NO4/c1-21(14-17-10-6-7-11-18(17)24-2)19(22)15-25-20(23)13-12-16-8-4-3-5-9-16/h3-13H,14-15H2,1-2H3/b13-12+. The molecular weight excluding hydrogens is 318 g/mol. The molecule has 2 rings (SSSR count). The van der Waals surface area contributed by atoms with Gasteiger partial charge in [-0.2, -0.15) is 0 Å². The average molecular weight is 339 g/mol. The molecule has 0 aliphatic rings. The molecule has 0 aromatic heterocycles. The molecule has 130 valence electrons. The Kier molecular flexibility index (Phi) is 6.77. The summed E-state index contributed by atoms with van der Waals surface area (Å²) in [6, 6.07) is 16.9. The molecular formula is C20H21NO4. The third-order valence-electron chi connectivity index (χ3n) is 3.58. The summed E-state index contributed by atoms with van der Waals surface area (Å²) in [5.41, 5.74) is 1.77. The van der Waals surface area contributed by atoms with E-state index in [4.69, 9.17) is 9.47 Å². The first kappa shape index (κ1) is 18.3. The summed E-state index contributed by atoms with van der Waals surface area (Å²) in [5.74, 6) is -0.125. The second kappa shape index (κ2) is 9.27. The van der Waals surface area contributed by atoms with Crippen LogP contribution in [0.15, 0.2) is 60.7 Å². The number of hydrogen-bond donors (Lipinski definition) is 0. The van der Waals surface area contributed by atoms with Gasteiger partial charge in [-0.1, -0.05) is 48.5 Å². The molecule has 5 nitrogen and oxygen atoms in total. The molecule has 0 saturated carbocycles. The molecule has 0 heterocycles. The van der Waals surface area contributed by atoms with Crippen molar-refractivity contribution >= 4 is 18.0 Å². The van der Waals surface area contributed by atoms with Crippen LogP contribution < -0.4 is 4.74 Å². The molecule has 0 unspecified atom stereocenters. The molecule has 0 saturated heterocycles. The Hall–Kier alpha value is -3.08. The van der Waals surface area contributed by atoms with Crippen molar-refractivity contribution in [1.82, 2.24) is 4.90 Å². The van der Waals surface area contributed by atoms with Gasteiger partial charge in [-0.3, -0.25) is 4.79 Å². The molecule has 0 bridgehead atoms. The van der Waals surface area contributed by atoms with Crippen LogP contribution in [0.2, 0.25) is 0 Å². The van der Waals surface area contributed by atoms with Crippen molar-refractivity contribution in [2.45, 2.75) is 6.54 Å². The van der Waals surface area contributed by atoms with E-state index in [1.54, 1.807) is 20.2 Å². The normalized spacial score (nSPS) is 10.5. The summed E-state index contributed by atoms with van der Waals surface area (Å²) >= 11 is 0. The highest BCUT2D eigenvalue weighted by Gasteiger charge is 2.13. The van der Waals surface area contributed by atoms with E-state index in [0.717, 1.165) is 11.1 Å². The Morgan fingerprint density at radius 2 is 1.72 bits per heavy atom. The number of rotatable bonds is 7. The van der Waals surface area contributed by atoms with E-state index >= 15 is 0 Å². The van der Waals surface area contributed by atoms with Crippen molar-refractivity contribution in [3.63, 3.8) is 0 Å². The number of methoxy groups -OCH3 is 1. The van der Waals surface area contributed by atoms with Gasteiger partial charge in [0.05, 0.1) is 7.11 Å². The summed E-state index contributed by atoms with van der Waals surface area (Å²) in [6.45, 7) is 0.0733. The van der Waals surface area contributed by atoms with Gasteiger partial charge in [0, 0.05) is 25.2 Å². The zero-order valence-electron chi connectivity index (χ0n) is 14.3. The molecule has 0 aliphatic carbocycles. The van der Waals surface area contributed by atoms with Crippen molar-refractivity contribution in [3.8, 4) is 5.75 Å². The lowest BCUT2D eigenvalue weighted by Gasteiger charge is -2.18. The zero-order valence-corrected chi connectivity index (χ0v) is 14.3. The van der Waals surface area contributed by atoms with Crippen molar-refractivity contribution in [1.29, 1.82) is 0 Å². The van der Waals surface area contributed by atoms with E-state index in [9.17, 15) is 9.59 Å². The van der Waals surface area contributed by atoms with Gasteiger partial charge in [-0.15, -0.1) is 0 Å². The number of likely N-dealkylation sites (N-methyl/N-ethyl adjacent to an activating group) is 1. The van der Waals surface area contributed by atoms with Crippen LogP contribution in [-0.4, -0.2) is 37.5 Å². The molecule has 0 spiro atoms. The maximum atomic E-state index is 12.1. The van der Waals surface area contributed by atoms with E-state index in [-0.39, 0.29) is 12.5 Å². The third-order valence-corrected chi connectivity index (χ3v) is 3.58. The molecule has 2 aromatic rings. The predicted molar refractivity (Wildman–Crippen MR) is 95.9 cm³/mol.